The van der Waals surface area contributed by atoms with Gasteiger partial charge < -0.3 is 25.1 Å². The van der Waals surface area contributed by atoms with Crippen molar-refractivity contribution in [3.63, 3.8) is 0 Å². The van der Waals surface area contributed by atoms with Gasteiger partial charge in [-0.2, -0.15) is 5.10 Å². The van der Waals surface area contributed by atoms with Gasteiger partial charge in [-0.05, 0) is 36.4 Å². The maximum atomic E-state index is 12.7. The smallest absolute Gasteiger partial charge is 0.247 e. The predicted octanol–water partition coefficient (Wildman–Crippen LogP) is 2.13. The first kappa shape index (κ1) is 22.9. The van der Waals surface area contributed by atoms with Gasteiger partial charge in [0, 0.05) is 12.0 Å². The normalized spacial score (nSPS) is 16.7. The number of carbonyl (C=O) groups is 2. The number of phenols is 1. The van der Waals surface area contributed by atoms with Crippen LogP contribution in [0.1, 0.15) is 12.0 Å². The Balaban J connectivity index is 1.68. The van der Waals surface area contributed by atoms with Crippen LogP contribution in [0.15, 0.2) is 46.6 Å². The number of rotatable bonds is 7. The summed E-state index contributed by atoms with van der Waals surface area (Å²) in [7, 11) is 4.36. The van der Waals surface area contributed by atoms with Crippen molar-refractivity contribution < 1.29 is 28.9 Å². The van der Waals surface area contributed by atoms with Crippen LogP contribution in [0.3, 0.4) is 0 Å². The van der Waals surface area contributed by atoms with E-state index in [4.69, 9.17) is 19.9 Å². The molecular formula is C21H22N4O6S. The van der Waals surface area contributed by atoms with Gasteiger partial charge in [0.15, 0.2) is 16.7 Å². The molecule has 0 saturated carbocycles. The third-order valence-corrected chi connectivity index (χ3v) is 5.54. The number of hydrogen-bond donors (Lipinski definition) is 2. The minimum atomic E-state index is -0.697. The first-order valence-corrected chi connectivity index (χ1v) is 10.2. The minimum Gasteiger partial charge on any atom is -0.502 e. The second-order valence-corrected chi connectivity index (χ2v) is 7.76. The molecule has 1 aliphatic heterocycles. The third-order valence-electron chi connectivity index (χ3n) is 4.56. The lowest BCUT2D eigenvalue weighted by atomic mass is 10.2. The number of amidine groups is 1. The summed E-state index contributed by atoms with van der Waals surface area (Å²) in [5.74, 6) is 0.225. The van der Waals surface area contributed by atoms with E-state index in [1.54, 1.807) is 36.4 Å². The fourth-order valence-corrected chi connectivity index (χ4v) is 3.83. The number of benzene rings is 2. The Kier molecular flexibility index (Phi) is 7.21. The molecule has 1 fully saturated rings. The number of ether oxygens (including phenoxy) is 3. The Hall–Kier alpha value is -3.73. The highest BCUT2D eigenvalue weighted by molar-refractivity contribution is 8.14. The zero-order chi connectivity index (χ0) is 23.3. The SMILES string of the molecule is COc1ccc(N2C(=O)C[C@@H](SC(N)=N/N=C\c3cc(OC)c(O)c(OC)c3)C2=O)cc1. The molecule has 2 amide bonds. The second kappa shape index (κ2) is 10.1. The average Bonchev–Trinajstić information content (AvgIpc) is 3.07. The number of methoxy groups -OCH3 is 3. The predicted molar refractivity (Wildman–Crippen MR) is 122 cm³/mol. The van der Waals surface area contributed by atoms with E-state index in [2.05, 4.69) is 10.2 Å². The van der Waals surface area contributed by atoms with E-state index in [9.17, 15) is 14.7 Å². The molecule has 0 spiro atoms. The molecular weight excluding hydrogens is 436 g/mol. The zero-order valence-electron chi connectivity index (χ0n) is 17.6. The number of nitrogens with zero attached hydrogens (tertiary/aromatic N) is 3. The number of aromatic hydroxyl groups is 1. The van der Waals surface area contributed by atoms with Crippen molar-refractivity contribution in [1.82, 2.24) is 0 Å². The van der Waals surface area contributed by atoms with Gasteiger partial charge in [0.1, 0.15) is 11.0 Å². The highest BCUT2D eigenvalue weighted by Gasteiger charge is 2.40. The lowest BCUT2D eigenvalue weighted by molar-refractivity contribution is -0.121. The van der Waals surface area contributed by atoms with Crippen LogP contribution in [0.25, 0.3) is 0 Å². The number of hydrogen-bond acceptors (Lipinski definition) is 9. The highest BCUT2D eigenvalue weighted by atomic mass is 32.2. The summed E-state index contributed by atoms with van der Waals surface area (Å²) in [4.78, 5) is 26.2. The van der Waals surface area contributed by atoms with Gasteiger partial charge in [0.25, 0.3) is 0 Å². The summed E-state index contributed by atoms with van der Waals surface area (Å²) in [6.07, 6.45) is 1.39. The molecule has 0 aliphatic carbocycles. The van der Waals surface area contributed by atoms with E-state index in [0.717, 1.165) is 16.7 Å². The summed E-state index contributed by atoms with van der Waals surface area (Å²) >= 11 is 0.966. The average molecular weight is 458 g/mol. The van der Waals surface area contributed by atoms with Gasteiger partial charge in [-0.3, -0.25) is 9.59 Å². The molecule has 10 nitrogen and oxygen atoms in total. The molecule has 0 unspecified atom stereocenters. The van der Waals surface area contributed by atoms with E-state index < -0.39 is 5.25 Å². The molecule has 32 heavy (non-hydrogen) atoms. The molecule has 11 heteroatoms. The number of phenolic OH excluding ortho intramolecular Hbond substituents is 1. The van der Waals surface area contributed by atoms with E-state index in [1.807, 2.05) is 0 Å². The standard InChI is InChI=1S/C21H22N4O6S/c1-29-14-6-4-13(5-7-14)25-18(26)10-17(20(25)28)32-21(22)24-23-11-12-8-15(30-2)19(27)16(9-12)31-3/h4-9,11,17,27H,10H2,1-3H3,(H2,22,24)/b23-11-/t17-/m1/s1. The molecule has 3 N–H and O–H groups in total. The summed E-state index contributed by atoms with van der Waals surface area (Å²) in [6.45, 7) is 0. The highest BCUT2D eigenvalue weighted by Crippen LogP contribution is 2.36. The fourth-order valence-electron chi connectivity index (χ4n) is 3.01. The van der Waals surface area contributed by atoms with Crippen molar-refractivity contribution in [3.05, 3.63) is 42.0 Å². The van der Waals surface area contributed by atoms with Gasteiger partial charge in [-0.1, -0.05) is 11.8 Å². The summed E-state index contributed by atoms with van der Waals surface area (Å²) in [5.41, 5.74) is 6.91. The number of nitrogens with two attached hydrogens (primary N) is 1. The monoisotopic (exact) mass is 458 g/mol. The number of amides is 2. The Morgan fingerprint density at radius 1 is 1.12 bits per heavy atom. The van der Waals surface area contributed by atoms with E-state index in [1.165, 1.54) is 27.5 Å². The molecule has 3 rings (SSSR count). The molecule has 2 aromatic carbocycles. The van der Waals surface area contributed by atoms with Crippen molar-refractivity contribution in [2.45, 2.75) is 11.7 Å². The van der Waals surface area contributed by atoms with Crippen LogP contribution in [0.2, 0.25) is 0 Å². The van der Waals surface area contributed by atoms with Gasteiger partial charge in [0.2, 0.25) is 17.6 Å². The van der Waals surface area contributed by atoms with E-state index in [0.29, 0.717) is 17.0 Å². The topological polar surface area (TPSA) is 136 Å². The summed E-state index contributed by atoms with van der Waals surface area (Å²) in [6, 6.07) is 9.73. The van der Waals surface area contributed by atoms with Crippen LogP contribution in [0, 0.1) is 0 Å². The summed E-state index contributed by atoms with van der Waals surface area (Å²) < 4.78 is 15.3. The van der Waals surface area contributed by atoms with Crippen molar-refractivity contribution >= 4 is 40.6 Å². The fraction of sp³-hybridized carbons (Fsp3) is 0.238. The molecule has 2 aromatic rings. The molecule has 0 aromatic heterocycles. The number of imide groups is 1. The Labute approximate surface area is 188 Å². The molecule has 168 valence electrons. The number of thioether (sulfide) groups is 1. The lowest BCUT2D eigenvalue weighted by Gasteiger charge is -2.15. The molecule has 0 bridgehead atoms. The second-order valence-electron chi connectivity index (χ2n) is 6.53. The number of anilines is 1. The Morgan fingerprint density at radius 3 is 2.31 bits per heavy atom. The first-order valence-electron chi connectivity index (χ1n) is 9.37. The first-order chi connectivity index (χ1) is 15.4. The number of carbonyl (C=O) groups excluding carboxylic acids is 2. The Morgan fingerprint density at radius 2 is 1.75 bits per heavy atom. The van der Waals surface area contributed by atoms with Crippen LogP contribution in [0.4, 0.5) is 5.69 Å². The maximum absolute atomic E-state index is 12.7. The zero-order valence-corrected chi connectivity index (χ0v) is 18.5. The van der Waals surface area contributed by atoms with Crippen LogP contribution in [0.5, 0.6) is 23.0 Å². The minimum absolute atomic E-state index is 0.00181. The van der Waals surface area contributed by atoms with Crippen LogP contribution in [-0.4, -0.2) is 54.9 Å². The van der Waals surface area contributed by atoms with Crippen LogP contribution < -0.4 is 24.8 Å². The van der Waals surface area contributed by atoms with Gasteiger partial charge in [-0.15, -0.1) is 5.10 Å². The van der Waals surface area contributed by atoms with Crippen molar-refractivity contribution in [1.29, 1.82) is 0 Å². The molecule has 0 radical (unpaired) electrons. The lowest BCUT2D eigenvalue weighted by Crippen LogP contribution is -2.31. The van der Waals surface area contributed by atoms with E-state index in [-0.39, 0.29) is 40.7 Å². The summed E-state index contributed by atoms with van der Waals surface area (Å²) in [5, 5.41) is 17.1. The largest absolute Gasteiger partial charge is 0.502 e. The molecule has 1 saturated heterocycles. The molecule has 1 heterocycles. The van der Waals surface area contributed by atoms with Crippen molar-refractivity contribution in [3.8, 4) is 23.0 Å². The van der Waals surface area contributed by atoms with E-state index >= 15 is 0 Å². The van der Waals surface area contributed by atoms with Crippen molar-refractivity contribution in [2.75, 3.05) is 26.2 Å². The third kappa shape index (κ3) is 4.94. The van der Waals surface area contributed by atoms with Crippen LogP contribution in [-0.2, 0) is 9.59 Å². The van der Waals surface area contributed by atoms with Gasteiger partial charge in [0.05, 0.1) is 33.2 Å². The van der Waals surface area contributed by atoms with Gasteiger partial charge in [-0.25, -0.2) is 4.90 Å². The quantitative estimate of drug-likeness (QED) is 0.279. The Bertz CT molecular complexity index is 1050. The van der Waals surface area contributed by atoms with Gasteiger partial charge >= 0.3 is 0 Å². The molecule has 1 aliphatic rings. The van der Waals surface area contributed by atoms with Crippen molar-refractivity contribution in [2.24, 2.45) is 15.9 Å². The maximum Gasteiger partial charge on any atom is 0.247 e. The molecule has 1 atom stereocenters. The van der Waals surface area contributed by atoms with Crippen LogP contribution >= 0.6 is 11.8 Å².